The van der Waals surface area contributed by atoms with Gasteiger partial charge in [0.25, 0.3) is 0 Å². The fourth-order valence-corrected chi connectivity index (χ4v) is 4.12. The third-order valence-corrected chi connectivity index (χ3v) is 7.03. The van der Waals surface area contributed by atoms with Crippen molar-refractivity contribution in [2.45, 2.75) is 25.2 Å². The van der Waals surface area contributed by atoms with Crippen LogP contribution in [-0.4, -0.2) is 37.2 Å². The molecule has 0 atom stereocenters. The van der Waals surface area contributed by atoms with Gasteiger partial charge in [-0.1, -0.05) is 30.7 Å². The number of nitrogens with one attached hydrogen (secondary N) is 2. The first-order valence-electron chi connectivity index (χ1n) is 10.0. The summed E-state index contributed by atoms with van der Waals surface area (Å²) in [6, 6.07) is 14.3. The van der Waals surface area contributed by atoms with Crippen molar-refractivity contribution in [3.05, 3.63) is 59.1 Å². The molecular weight excluding hydrogens is 434 g/mol. The van der Waals surface area contributed by atoms with E-state index in [-0.39, 0.29) is 11.7 Å². The molecular formula is C22H26ClN5O2S. The fraction of sp³-hybridized carbons (Fsp3) is 0.273. The van der Waals surface area contributed by atoms with Crippen LogP contribution in [0.15, 0.2) is 53.4 Å². The molecule has 0 amide bonds. The van der Waals surface area contributed by atoms with Crippen LogP contribution in [0.1, 0.15) is 18.9 Å². The Balaban J connectivity index is 1.54. The Kier molecular flexibility index (Phi) is 7.35. The minimum atomic E-state index is -3.17. The van der Waals surface area contributed by atoms with Gasteiger partial charge in [-0.15, -0.1) is 0 Å². The van der Waals surface area contributed by atoms with E-state index < -0.39 is 9.84 Å². The van der Waals surface area contributed by atoms with Gasteiger partial charge in [-0.25, -0.2) is 13.4 Å². The van der Waals surface area contributed by atoms with Crippen LogP contribution in [0.5, 0.6) is 0 Å². The lowest BCUT2D eigenvalue weighted by molar-refractivity contribution is 0.597. The first-order valence-corrected chi connectivity index (χ1v) is 12.0. The molecule has 0 spiro atoms. The van der Waals surface area contributed by atoms with Crippen LogP contribution in [0.4, 0.5) is 17.5 Å². The maximum Gasteiger partial charge on any atom is 0.222 e. The third-order valence-electron chi connectivity index (χ3n) is 4.87. The van der Waals surface area contributed by atoms with Gasteiger partial charge in [-0.05, 0) is 49.2 Å². The number of nitrogen functional groups attached to an aromatic ring is 1. The van der Waals surface area contributed by atoms with Crippen LogP contribution < -0.4 is 16.4 Å². The summed E-state index contributed by atoms with van der Waals surface area (Å²) < 4.78 is 23.7. The van der Waals surface area contributed by atoms with Crippen molar-refractivity contribution in [1.82, 2.24) is 9.97 Å². The van der Waals surface area contributed by atoms with Gasteiger partial charge >= 0.3 is 0 Å². The summed E-state index contributed by atoms with van der Waals surface area (Å²) in [5.74, 6) is 0.938. The van der Waals surface area contributed by atoms with E-state index in [4.69, 9.17) is 17.3 Å². The topological polar surface area (TPSA) is 110 Å². The second kappa shape index (κ2) is 9.98. The Hall–Kier alpha value is -2.84. The second-order valence-electron chi connectivity index (χ2n) is 7.04. The molecule has 0 unspecified atom stereocenters. The van der Waals surface area contributed by atoms with Crippen LogP contribution in [0, 0.1) is 6.92 Å². The molecule has 0 aliphatic rings. The Morgan fingerprint density at radius 3 is 2.45 bits per heavy atom. The number of nitrogens with zero attached hydrogens (tertiary/aromatic N) is 2. The molecule has 2 aromatic carbocycles. The molecule has 0 bridgehead atoms. The first-order chi connectivity index (χ1) is 14.8. The molecule has 4 N–H and O–H groups in total. The Labute approximate surface area is 188 Å². The van der Waals surface area contributed by atoms with Gasteiger partial charge in [0.1, 0.15) is 5.82 Å². The average Bonchev–Trinajstić information content (AvgIpc) is 2.75. The lowest BCUT2D eigenvalue weighted by Crippen LogP contribution is -2.11. The minimum Gasteiger partial charge on any atom is -0.385 e. The molecule has 164 valence electrons. The molecule has 0 saturated heterocycles. The van der Waals surface area contributed by atoms with Crippen LogP contribution in [0.3, 0.4) is 0 Å². The molecule has 1 aromatic heterocycles. The molecule has 1 heterocycles. The molecule has 3 aromatic rings. The van der Waals surface area contributed by atoms with Gasteiger partial charge in [0.15, 0.2) is 9.84 Å². The summed E-state index contributed by atoms with van der Waals surface area (Å²) >= 11 is 6.22. The van der Waals surface area contributed by atoms with Gasteiger partial charge < -0.3 is 16.4 Å². The smallest absolute Gasteiger partial charge is 0.222 e. The van der Waals surface area contributed by atoms with Crippen molar-refractivity contribution >= 4 is 38.9 Å². The van der Waals surface area contributed by atoms with E-state index in [2.05, 4.69) is 20.6 Å². The SMILES string of the molecule is CCS(=O)(=O)c1ccc(NCCCNc2cc(-c3cccc(Cl)c3C)nc(N)n2)cc1. The quantitative estimate of drug-likeness (QED) is 0.407. The molecule has 9 heteroatoms. The Bertz CT molecular complexity index is 1150. The Morgan fingerprint density at radius 1 is 1.03 bits per heavy atom. The van der Waals surface area contributed by atoms with Crippen molar-refractivity contribution in [1.29, 1.82) is 0 Å². The number of nitrogens with two attached hydrogens (primary N) is 1. The summed E-state index contributed by atoms with van der Waals surface area (Å²) in [6.45, 7) is 4.98. The van der Waals surface area contributed by atoms with Gasteiger partial charge in [0, 0.05) is 35.4 Å². The largest absolute Gasteiger partial charge is 0.385 e. The number of anilines is 3. The lowest BCUT2D eigenvalue weighted by atomic mass is 10.1. The van der Waals surface area contributed by atoms with Crippen LogP contribution in [0.2, 0.25) is 5.02 Å². The number of rotatable bonds is 9. The highest BCUT2D eigenvalue weighted by molar-refractivity contribution is 7.91. The first kappa shape index (κ1) is 22.8. The number of halogens is 1. The second-order valence-corrected chi connectivity index (χ2v) is 9.73. The van der Waals surface area contributed by atoms with Gasteiger partial charge in [-0.3, -0.25) is 0 Å². The number of hydrogen-bond donors (Lipinski definition) is 3. The third kappa shape index (κ3) is 5.86. The van der Waals surface area contributed by atoms with Crippen molar-refractivity contribution in [3.63, 3.8) is 0 Å². The van der Waals surface area contributed by atoms with E-state index in [1.54, 1.807) is 31.2 Å². The molecule has 0 fully saturated rings. The Morgan fingerprint density at radius 2 is 1.74 bits per heavy atom. The fourth-order valence-electron chi connectivity index (χ4n) is 3.06. The van der Waals surface area contributed by atoms with E-state index in [0.29, 0.717) is 28.8 Å². The highest BCUT2D eigenvalue weighted by atomic mass is 35.5. The van der Waals surface area contributed by atoms with E-state index in [1.807, 2.05) is 31.2 Å². The molecule has 0 aliphatic carbocycles. The zero-order valence-corrected chi connectivity index (χ0v) is 19.1. The maximum absolute atomic E-state index is 11.9. The molecule has 7 nitrogen and oxygen atoms in total. The zero-order valence-electron chi connectivity index (χ0n) is 17.5. The summed E-state index contributed by atoms with van der Waals surface area (Å²) in [7, 11) is -3.17. The van der Waals surface area contributed by atoms with Crippen LogP contribution in [-0.2, 0) is 9.84 Å². The monoisotopic (exact) mass is 459 g/mol. The van der Waals surface area contributed by atoms with E-state index in [1.165, 1.54) is 0 Å². The number of aromatic nitrogens is 2. The zero-order chi connectivity index (χ0) is 22.4. The molecule has 0 aliphatic heterocycles. The normalized spacial score (nSPS) is 11.3. The van der Waals surface area contributed by atoms with Gasteiger partial charge in [0.2, 0.25) is 5.95 Å². The van der Waals surface area contributed by atoms with E-state index >= 15 is 0 Å². The van der Waals surface area contributed by atoms with Gasteiger partial charge in [0.05, 0.1) is 16.3 Å². The minimum absolute atomic E-state index is 0.0948. The maximum atomic E-state index is 11.9. The molecule has 3 rings (SSSR count). The summed E-state index contributed by atoms with van der Waals surface area (Å²) in [6.07, 6.45) is 0.824. The van der Waals surface area contributed by atoms with Crippen molar-refractivity contribution < 1.29 is 8.42 Å². The van der Waals surface area contributed by atoms with E-state index in [9.17, 15) is 8.42 Å². The van der Waals surface area contributed by atoms with Crippen LogP contribution >= 0.6 is 11.6 Å². The van der Waals surface area contributed by atoms with Crippen molar-refractivity contribution in [2.24, 2.45) is 0 Å². The summed E-state index contributed by atoms with van der Waals surface area (Å²) in [5.41, 5.74) is 9.34. The standard InChI is InChI=1S/C22H26ClN5O2S/c1-3-31(29,30)17-10-8-16(9-11-17)25-12-5-13-26-21-14-20(27-22(24)28-21)18-6-4-7-19(23)15(18)2/h4,6-11,14,25H,3,5,12-13H2,1-2H3,(H3,24,26,27,28). The average molecular weight is 460 g/mol. The van der Waals surface area contributed by atoms with Crippen molar-refractivity contribution in [3.8, 4) is 11.3 Å². The predicted octanol–water partition coefficient (Wildman–Crippen LogP) is 4.40. The van der Waals surface area contributed by atoms with Crippen LogP contribution in [0.25, 0.3) is 11.3 Å². The number of benzene rings is 2. The van der Waals surface area contributed by atoms with Gasteiger partial charge in [-0.2, -0.15) is 4.98 Å². The molecule has 0 saturated carbocycles. The summed E-state index contributed by atoms with van der Waals surface area (Å²) in [4.78, 5) is 8.93. The lowest BCUT2D eigenvalue weighted by Gasteiger charge is -2.11. The van der Waals surface area contributed by atoms with Crippen molar-refractivity contribution in [2.75, 3.05) is 35.2 Å². The predicted molar refractivity (Wildman–Crippen MR) is 127 cm³/mol. The number of hydrogen-bond acceptors (Lipinski definition) is 7. The summed E-state index contributed by atoms with van der Waals surface area (Å²) in [5, 5.41) is 7.23. The molecule has 0 radical (unpaired) electrons. The highest BCUT2D eigenvalue weighted by Gasteiger charge is 2.11. The highest BCUT2D eigenvalue weighted by Crippen LogP contribution is 2.28. The number of sulfone groups is 1. The molecule has 31 heavy (non-hydrogen) atoms. The van der Waals surface area contributed by atoms with E-state index in [0.717, 1.165) is 28.9 Å².